The van der Waals surface area contributed by atoms with Gasteiger partial charge in [0, 0.05) is 30.3 Å². The Bertz CT molecular complexity index is 738. The van der Waals surface area contributed by atoms with Crippen LogP contribution in [0.3, 0.4) is 0 Å². The minimum Gasteiger partial charge on any atom is -0.134 e. The molecule has 0 radical (unpaired) electrons. The van der Waals surface area contributed by atoms with Crippen LogP contribution in [0.15, 0.2) is 60.1 Å². The second kappa shape index (κ2) is 3.84. The van der Waals surface area contributed by atoms with Gasteiger partial charge >= 0.3 is 0 Å². The van der Waals surface area contributed by atoms with E-state index in [1.807, 2.05) is 47.0 Å². The van der Waals surface area contributed by atoms with Crippen molar-refractivity contribution < 1.29 is 0 Å². The van der Waals surface area contributed by atoms with Gasteiger partial charge in [0.25, 0.3) is 0 Å². The first kappa shape index (κ1) is 10.1. The van der Waals surface area contributed by atoms with Gasteiger partial charge in [0.2, 0.25) is 0 Å². The molecule has 84 valence electrons. The molecule has 0 N–H and O–H groups in total. The molecule has 2 heterocycles. The Balaban J connectivity index is 1.82. The highest BCUT2D eigenvalue weighted by Crippen LogP contribution is 2.39. The summed E-state index contributed by atoms with van der Waals surface area (Å²) in [7, 11) is 0. The van der Waals surface area contributed by atoms with Gasteiger partial charge in [0.1, 0.15) is 0 Å². The van der Waals surface area contributed by atoms with E-state index >= 15 is 0 Å². The SMILES string of the molecule is C1=CC=CC=1c1cc2sc(C3=C=CC=C3)cc2s1. The topological polar surface area (TPSA) is 0 Å². The monoisotopic (exact) mass is 264 g/mol. The van der Waals surface area contributed by atoms with Crippen LogP contribution in [0.1, 0.15) is 9.75 Å². The van der Waals surface area contributed by atoms with Gasteiger partial charge in [-0.15, -0.1) is 34.1 Å². The maximum absolute atomic E-state index is 3.26. The number of thiophene rings is 2. The summed E-state index contributed by atoms with van der Waals surface area (Å²) in [5.74, 6) is 0. The summed E-state index contributed by atoms with van der Waals surface area (Å²) in [6.07, 6.45) is 12.2. The maximum Gasteiger partial charge on any atom is 0.0464 e. The molecule has 2 heteroatoms. The molecular weight excluding hydrogens is 256 g/mol. The molecule has 0 saturated carbocycles. The third-order valence-electron chi connectivity index (χ3n) is 2.93. The predicted molar refractivity (Wildman–Crippen MR) is 81.0 cm³/mol. The third-order valence-corrected chi connectivity index (χ3v) is 5.29. The number of hydrogen-bond acceptors (Lipinski definition) is 2. The Hall–Kier alpha value is -1.82. The van der Waals surface area contributed by atoms with Crippen molar-refractivity contribution >= 4 is 43.2 Å². The zero-order chi connectivity index (χ0) is 11.9. The van der Waals surface area contributed by atoms with Crippen LogP contribution in [0.25, 0.3) is 20.5 Å². The molecule has 0 amide bonds. The highest BCUT2D eigenvalue weighted by Gasteiger charge is 2.11. The molecule has 2 aliphatic rings. The van der Waals surface area contributed by atoms with Crippen molar-refractivity contribution in [3.8, 4) is 0 Å². The molecule has 2 aliphatic carbocycles. The van der Waals surface area contributed by atoms with E-state index in [4.69, 9.17) is 0 Å². The summed E-state index contributed by atoms with van der Waals surface area (Å²) in [5.41, 5.74) is 8.91. The lowest BCUT2D eigenvalue weighted by atomic mass is 10.2. The first-order chi connectivity index (χ1) is 8.90. The Labute approximate surface area is 113 Å². The second-order valence-electron chi connectivity index (χ2n) is 4.12. The lowest BCUT2D eigenvalue weighted by Crippen LogP contribution is -1.68. The average molecular weight is 264 g/mol. The van der Waals surface area contributed by atoms with Gasteiger partial charge in [-0.25, -0.2) is 0 Å². The highest BCUT2D eigenvalue weighted by molar-refractivity contribution is 7.28. The van der Waals surface area contributed by atoms with Crippen LogP contribution in [0.2, 0.25) is 0 Å². The summed E-state index contributed by atoms with van der Waals surface area (Å²) >= 11 is 3.68. The second-order valence-corrected chi connectivity index (χ2v) is 6.28. The lowest BCUT2D eigenvalue weighted by molar-refractivity contribution is 1.94. The Kier molecular flexibility index (Phi) is 2.16. The van der Waals surface area contributed by atoms with Crippen molar-refractivity contribution in [2.75, 3.05) is 0 Å². The Morgan fingerprint density at radius 3 is 1.61 bits per heavy atom. The van der Waals surface area contributed by atoms with E-state index in [0.717, 1.165) is 0 Å². The third kappa shape index (κ3) is 1.53. The Morgan fingerprint density at radius 2 is 1.22 bits per heavy atom. The maximum atomic E-state index is 3.26. The minimum atomic E-state index is 1.20. The van der Waals surface area contributed by atoms with Crippen LogP contribution < -0.4 is 0 Å². The van der Waals surface area contributed by atoms with Gasteiger partial charge in [0.05, 0.1) is 0 Å². The van der Waals surface area contributed by atoms with E-state index < -0.39 is 0 Å². The first-order valence-corrected chi connectivity index (χ1v) is 7.34. The Morgan fingerprint density at radius 1 is 0.722 bits per heavy atom. The largest absolute Gasteiger partial charge is 0.134 e. The fourth-order valence-corrected chi connectivity index (χ4v) is 4.44. The molecule has 0 nitrogen and oxygen atoms in total. The molecule has 18 heavy (non-hydrogen) atoms. The fourth-order valence-electron chi connectivity index (χ4n) is 2.07. The normalized spacial score (nSPS) is 16.0. The summed E-state index contributed by atoms with van der Waals surface area (Å²) in [6, 6.07) is 4.53. The minimum absolute atomic E-state index is 1.20. The van der Waals surface area contributed by atoms with Crippen molar-refractivity contribution in [2.24, 2.45) is 0 Å². The number of fused-ring (bicyclic) bond motifs is 1. The van der Waals surface area contributed by atoms with Gasteiger partial charge in [-0.3, -0.25) is 0 Å². The van der Waals surface area contributed by atoms with Crippen LogP contribution >= 0.6 is 22.7 Å². The van der Waals surface area contributed by atoms with Gasteiger partial charge in [0.15, 0.2) is 0 Å². The number of allylic oxidation sites excluding steroid dienone is 6. The summed E-state index contributed by atoms with van der Waals surface area (Å²) in [4.78, 5) is 2.61. The molecule has 0 saturated heterocycles. The molecule has 4 rings (SSSR count). The van der Waals surface area contributed by atoms with E-state index in [1.165, 1.54) is 30.3 Å². The predicted octanol–water partition coefficient (Wildman–Crippen LogP) is 5.18. The van der Waals surface area contributed by atoms with Gasteiger partial charge in [-0.1, -0.05) is 12.2 Å². The zero-order valence-corrected chi connectivity index (χ0v) is 11.1. The smallest absolute Gasteiger partial charge is 0.0464 e. The van der Waals surface area contributed by atoms with Crippen molar-refractivity contribution in [1.29, 1.82) is 0 Å². The lowest BCUT2D eigenvalue weighted by Gasteiger charge is -1.91. The van der Waals surface area contributed by atoms with Crippen LogP contribution in [0.5, 0.6) is 0 Å². The van der Waals surface area contributed by atoms with Crippen LogP contribution in [0.4, 0.5) is 0 Å². The van der Waals surface area contributed by atoms with E-state index in [2.05, 4.69) is 35.7 Å². The average Bonchev–Trinajstić information content (AvgIpc) is 3.13. The number of rotatable bonds is 2. The highest BCUT2D eigenvalue weighted by atomic mass is 32.1. The molecular formula is C16H8S2. The molecule has 0 unspecified atom stereocenters. The molecule has 0 atom stereocenters. The zero-order valence-electron chi connectivity index (χ0n) is 9.44. The van der Waals surface area contributed by atoms with Gasteiger partial charge < -0.3 is 0 Å². The van der Waals surface area contributed by atoms with E-state index in [0.29, 0.717) is 0 Å². The number of hydrogen-bond donors (Lipinski definition) is 0. The standard InChI is InChI=1S/C16H8S2/c1-2-6-11(5-1)13-9-15-16(17-13)10-14(18-15)12-7-3-4-8-12/h1-5,7,9-10H. The van der Waals surface area contributed by atoms with E-state index in [9.17, 15) is 0 Å². The van der Waals surface area contributed by atoms with E-state index in [1.54, 1.807) is 0 Å². The quantitative estimate of drug-likeness (QED) is 0.656. The first-order valence-electron chi connectivity index (χ1n) is 5.71. The molecule has 0 spiro atoms. The van der Waals surface area contributed by atoms with Gasteiger partial charge in [-0.05, 0) is 36.4 Å². The fraction of sp³-hybridized carbons (Fsp3) is 0. The molecule has 0 fully saturated rings. The van der Waals surface area contributed by atoms with Crippen LogP contribution in [-0.2, 0) is 0 Å². The molecule has 0 bridgehead atoms. The van der Waals surface area contributed by atoms with Crippen LogP contribution in [0, 0.1) is 0 Å². The van der Waals surface area contributed by atoms with Crippen molar-refractivity contribution in [1.82, 2.24) is 0 Å². The van der Waals surface area contributed by atoms with Crippen molar-refractivity contribution in [2.45, 2.75) is 0 Å². The summed E-state index contributed by atoms with van der Waals surface area (Å²) in [6.45, 7) is 0. The molecule has 2 aromatic heterocycles. The summed E-state index contributed by atoms with van der Waals surface area (Å²) < 4.78 is 2.71. The molecule has 0 aliphatic heterocycles. The van der Waals surface area contributed by atoms with Gasteiger partial charge in [-0.2, -0.15) is 0 Å². The van der Waals surface area contributed by atoms with Crippen molar-refractivity contribution in [3.63, 3.8) is 0 Å². The summed E-state index contributed by atoms with van der Waals surface area (Å²) in [5, 5.41) is 0. The molecule has 2 aromatic rings. The van der Waals surface area contributed by atoms with E-state index in [-0.39, 0.29) is 0 Å². The molecule has 0 aromatic carbocycles. The van der Waals surface area contributed by atoms with Crippen molar-refractivity contribution in [3.05, 3.63) is 69.8 Å². The van der Waals surface area contributed by atoms with Crippen LogP contribution in [-0.4, -0.2) is 0 Å².